The normalized spacial score (nSPS) is 12.5. The summed E-state index contributed by atoms with van der Waals surface area (Å²) in [5, 5.41) is 5.43. The summed E-state index contributed by atoms with van der Waals surface area (Å²) in [5.74, 6) is 1.16. The van der Waals surface area contributed by atoms with Crippen LogP contribution in [0.1, 0.15) is 22.5 Å². The van der Waals surface area contributed by atoms with Crippen LogP contribution in [0, 0.1) is 0 Å². The third kappa shape index (κ3) is 4.07. The molecule has 0 fully saturated rings. The van der Waals surface area contributed by atoms with Crippen molar-refractivity contribution in [1.82, 2.24) is 10.6 Å². The second-order valence-electron chi connectivity index (χ2n) is 5.24. The van der Waals surface area contributed by atoms with E-state index in [0.29, 0.717) is 25.5 Å². The van der Waals surface area contributed by atoms with Gasteiger partial charge in [-0.15, -0.1) is 0 Å². The molecular formula is C17H18N2O5. The number of fused-ring (bicyclic) bond motifs is 1. The minimum atomic E-state index is -0.334. The van der Waals surface area contributed by atoms with E-state index in [2.05, 4.69) is 10.6 Å². The zero-order chi connectivity index (χ0) is 16.8. The summed E-state index contributed by atoms with van der Waals surface area (Å²) in [4.78, 5) is 23.5. The number of amides is 2. The van der Waals surface area contributed by atoms with Gasteiger partial charge in [-0.1, -0.05) is 6.07 Å². The standard InChI is InChI=1S/C17H18N2O5/c20-16(5-6-18-17(21)14-2-1-7-22-14)19-11-12-3-4-13-15(10-12)24-9-8-23-13/h1-4,7,10H,5-6,8-9,11H2,(H,18,21)(H,19,20). The predicted octanol–water partition coefficient (Wildman–Crippen LogP) is 1.49. The number of carbonyl (C=O) groups excluding carboxylic acids is 2. The summed E-state index contributed by atoms with van der Waals surface area (Å²) in [5.41, 5.74) is 0.923. The topological polar surface area (TPSA) is 89.8 Å². The lowest BCUT2D eigenvalue weighted by Gasteiger charge is -2.19. The molecular weight excluding hydrogens is 312 g/mol. The van der Waals surface area contributed by atoms with Crippen molar-refractivity contribution in [1.29, 1.82) is 0 Å². The number of rotatable bonds is 6. The SMILES string of the molecule is O=C(CCNC(=O)c1ccco1)NCc1ccc2c(c1)OCCO2. The van der Waals surface area contributed by atoms with Crippen molar-refractivity contribution in [2.75, 3.05) is 19.8 Å². The van der Waals surface area contributed by atoms with Crippen LogP contribution in [0.2, 0.25) is 0 Å². The zero-order valence-corrected chi connectivity index (χ0v) is 13.0. The molecule has 1 aromatic carbocycles. The monoisotopic (exact) mass is 330 g/mol. The molecule has 2 N–H and O–H groups in total. The van der Waals surface area contributed by atoms with E-state index in [4.69, 9.17) is 13.9 Å². The average Bonchev–Trinajstić information content (AvgIpc) is 3.14. The fraction of sp³-hybridized carbons (Fsp3) is 0.294. The third-order valence-electron chi connectivity index (χ3n) is 3.48. The number of hydrogen-bond donors (Lipinski definition) is 2. The molecule has 1 aliphatic rings. The van der Waals surface area contributed by atoms with E-state index in [1.807, 2.05) is 18.2 Å². The first-order valence-electron chi connectivity index (χ1n) is 7.69. The first-order valence-corrected chi connectivity index (χ1v) is 7.69. The minimum absolute atomic E-state index is 0.148. The molecule has 0 radical (unpaired) electrons. The quantitative estimate of drug-likeness (QED) is 0.837. The summed E-state index contributed by atoms with van der Waals surface area (Å²) in [6.07, 6.45) is 1.62. The van der Waals surface area contributed by atoms with E-state index < -0.39 is 0 Å². The fourth-order valence-electron chi connectivity index (χ4n) is 2.27. The van der Waals surface area contributed by atoms with E-state index in [-0.39, 0.29) is 30.5 Å². The van der Waals surface area contributed by atoms with Crippen molar-refractivity contribution in [2.45, 2.75) is 13.0 Å². The largest absolute Gasteiger partial charge is 0.486 e. The van der Waals surface area contributed by atoms with Gasteiger partial charge >= 0.3 is 0 Å². The van der Waals surface area contributed by atoms with Crippen molar-refractivity contribution < 1.29 is 23.5 Å². The van der Waals surface area contributed by atoms with E-state index in [0.717, 1.165) is 11.3 Å². The predicted molar refractivity (Wildman–Crippen MR) is 84.9 cm³/mol. The van der Waals surface area contributed by atoms with Crippen LogP contribution in [-0.4, -0.2) is 31.6 Å². The van der Waals surface area contributed by atoms with E-state index in [1.54, 1.807) is 12.1 Å². The highest BCUT2D eigenvalue weighted by molar-refractivity contribution is 5.91. The first-order chi connectivity index (χ1) is 11.7. The van der Waals surface area contributed by atoms with Crippen LogP contribution >= 0.6 is 0 Å². The van der Waals surface area contributed by atoms with Crippen molar-refractivity contribution in [2.24, 2.45) is 0 Å². The van der Waals surface area contributed by atoms with Crippen LogP contribution in [-0.2, 0) is 11.3 Å². The molecule has 0 bridgehead atoms. The van der Waals surface area contributed by atoms with Crippen molar-refractivity contribution >= 4 is 11.8 Å². The van der Waals surface area contributed by atoms with Crippen LogP contribution in [0.15, 0.2) is 41.0 Å². The highest BCUT2D eigenvalue weighted by Crippen LogP contribution is 2.30. The number of furan rings is 1. The minimum Gasteiger partial charge on any atom is -0.486 e. The molecule has 3 rings (SSSR count). The van der Waals surface area contributed by atoms with Gasteiger partial charge in [0, 0.05) is 19.5 Å². The summed E-state index contributed by atoms with van der Waals surface area (Å²) < 4.78 is 15.9. The molecule has 0 saturated carbocycles. The molecule has 2 aromatic rings. The number of carbonyl (C=O) groups is 2. The average molecular weight is 330 g/mol. The Morgan fingerprint density at radius 1 is 1.04 bits per heavy atom. The maximum atomic E-state index is 11.8. The molecule has 0 saturated heterocycles. The van der Waals surface area contributed by atoms with Crippen LogP contribution < -0.4 is 20.1 Å². The van der Waals surface area contributed by atoms with Crippen LogP contribution in [0.4, 0.5) is 0 Å². The molecule has 126 valence electrons. The van der Waals surface area contributed by atoms with Gasteiger partial charge in [0.15, 0.2) is 17.3 Å². The maximum absolute atomic E-state index is 11.8. The summed E-state index contributed by atoms with van der Waals surface area (Å²) in [7, 11) is 0. The summed E-state index contributed by atoms with van der Waals surface area (Å²) in [6, 6.07) is 8.77. The summed E-state index contributed by atoms with van der Waals surface area (Å²) >= 11 is 0. The third-order valence-corrected chi connectivity index (χ3v) is 3.48. The van der Waals surface area contributed by atoms with E-state index in [1.165, 1.54) is 6.26 Å². The second-order valence-corrected chi connectivity index (χ2v) is 5.24. The van der Waals surface area contributed by atoms with Gasteiger partial charge in [-0.05, 0) is 29.8 Å². The molecule has 0 spiro atoms. The molecule has 2 heterocycles. The second kappa shape index (κ2) is 7.54. The van der Waals surface area contributed by atoms with Crippen molar-refractivity contribution in [3.8, 4) is 11.5 Å². The molecule has 0 aliphatic carbocycles. The Balaban J connectivity index is 1.40. The Hall–Kier alpha value is -2.96. The van der Waals surface area contributed by atoms with Gasteiger partial charge in [-0.3, -0.25) is 9.59 Å². The van der Waals surface area contributed by atoms with Gasteiger partial charge in [0.2, 0.25) is 5.91 Å². The highest BCUT2D eigenvalue weighted by atomic mass is 16.6. The lowest BCUT2D eigenvalue weighted by molar-refractivity contribution is -0.121. The zero-order valence-electron chi connectivity index (χ0n) is 13.0. The van der Waals surface area contributed by atoms with Gasteiger partial charge in [-0.25, -0.2) is 0 Å². The van der Waals surface area contributed by atoms with Crippen molar-refractivity contribution in [3.63, 3.8) is 0 Å². The molecule has 1 aliphatic heterocycles. The van der Waals surface area contributed by atoms with Crippen LogP contribution in [0.5, 0.6) is 11.5 Å². The van der Waals surface area contributed by atoms with Gasteiger partial charge in [-0.2, -0.15) is 0 Å². The van der Waals surface area contributed by atoms with Gasteiger partial charge in [0.25, 0.3) is 5.91 Å². The summed E-state index contributed by atoms with van der Waals surface area (Å²) in [6.45, 7) is 1.71. The Bertz CT molecular complexity index is 712. The lowest BCUT2D eigenvalue weighted by Crippen LogP contribution is -2.30. The van der Waals surface area contributed by atoms with E-state index in [9.17, 15) is 9.59 Å². The Morgan fingerprint density at radius 3 is 2.67 bits per heavy atom. The molecule has 7 nitrogen and oxygen atoms in total. The molecule has 7 heteroatoms. The van der Waals surface area contributed by atoms with Gasteiger partial charge < -0.3 is 24.5 Å². The Kier molecular flexibility index (Phi) is 5.00. The first kappa shape index (κ1) is 15.9. The molecule has 0 unspecified atom stereocenters. The molecule has 1 aromatic heterocycles. The maximum Gasteiger partial charge on any atom is 0.286 e. The molecule has 2 amide bonds. The number of nitrogens with one attached hydrogen (secondary N) is 2. The van der Waals surface area contributed by atoms with Crippen LogP contribution in [0.25, 0.3) is 0 Å². The highest BCUT2D eigenvalue weighted by Gasteiger charge is 2.12. The van der Waals surface area contributed by atoms with Gasteiger partial charge in [0.05, 0.1) is 6.26 Å². The Morgan fingerprint density at radius 2 is 1.88 bits per heavy atom. The Labute approximate surface area is 138 Å². The van der Waals surface area contributed by atoms with Gasteiger partial charge in [0.1, 0.15) is 13.2 Å². The molecule has 24 heavy (non-hydrogen) atoms. The van der Waals surface area contributed by atoms with Crippen molar-refractivity contribution in [3.05, 3.63) is 47.9 Å². The number of ether oxygens (including phenoxy) is 2. The van der Waals surface area contributed by atoms with Crippen LogP contribution in [0.3, 0.4) is 0 Å². The smallest absolute Gasteiger partial charge is 0.286 e. The van der Waals surface area contributed by atoms with E-state index >= 15 is 0 Å². The molecule has 0 atom stereocenters. The fourth-order valence-corrected chi connectivity index (χ4v) is 2.27. The number of benzene rings is 1. The number of hydrogen-bond acceptors (Lipinski definition) is 5. The lowest BCUT2D eigenvalue weighted by atomic mass is 10.2.